The van der Waals surface area contributed by atoms with E-state index in [0.29, 0.717) is 11.7 Å². The number of rotatable bonds is 7. The van der Waals surface area contributed by atoms with Crippen molar-refractivity contribution < 1.29 is 9.18 Å². The standard InChI is InChI=1S/C31H32FN5OS/c1-19-8-9-20(2)27(17-19)34-28(38)14-16-36-30(29(35-31(36)39)26-7-5-6-15-33-26)25-18-21(3)37(22(25)4)24-12-10-23(32)11-13-24/h5-13,15,17-18,29-30H,14,16H2,1-4H3,(H,34,38)(H,35,39)/t29-,30-/m1/s1. The fourth-order valence-electron chi connectivity index (χ4n) is 5.36. The first-order valence-corrected chi connectivity index (χ1v) is 13.4. The SMILES string of the molecule is Cc1ccc(C)c(NC(=O)CCN2C(=S)N[C@H](c3ccccn3)[C@H]2c2cc(C)n(-c3ccc(F)cc3)c2C)c1. The molecule has 1 aliphatic rings. The monoisotopic (exact) mass is 541 g/mol. The smallest absolute Gasteiger partial charge is 0.226 e. The average Bonchev–Trinajstić information content (AvgIpc) is 3.40. The summed E-state index contributed by atoms with van der Waals surface area (Å²) in [5.74, 6) is -0.337. The van der Waals surface area contributed by atoms with Crippen molar-refractivity contribution in [1.82, 2.24) is 19.8 Å². The molecule has 4 aromatic rings. The molecule has 2 atom stereocenters. The molecule has 2 aromatic carbocycles. The van der Waals surface area contributed by atoms with Crippen LogP contribution >= 0.6 is 12.2 Å². The normalized spacial score (nSPS) is 16.8. The number of halogens is 1. The second-order valence-electron chi connectivity index (χ2n) is 10.1. The summed E-state index contributed by atoms with van der Waals surface area (Å²) in [5.41, 5.74) is 7.84. The van der Waals surface area contributed by atoms with E-state index < -0.39 is 0 Å². The third-order valence-corrected chi connectivity index (χ3v) is 7.67. The summed E-state index contributed by atoms with van der Waals surface area (Å²) in [6.07, 6.45) is 2.05. The van der Waals surface area contributed by atoms with Crippen LogP contribution in [0.15, 0.2) is 72.9 Å². The summed E-state index contributed by atoms with van der Waals surface area (Å²) in [4.78, 5) is 19.7. The third kappa shape index (κ3) is 5.43. The number of pyridine rings is 1. The summed E-state index contributed by atoms with van der Waals surface area (Å²) in [7, 11) is 0. The lowest BCUT2D eigenvalue weighted by Crippen LogP contribution is -2.33. The minimum absolute atomic E-state index is 0.0664. The van der Waals surface area contributed by atoms with Gasteiger partial charge in [0.05, 0.1) is 17.8 Å². The molecule has 1 saturated heterocycles. The van der Waals surface area contributed by atoms with Crippen molar-refractivity contribution in [3.8, 4) is 5.69 Å². The largest absolute Gasteiger partial charge is 0.352 e. The Morgan fingerprint density at radius 1 is 1.05 bits per heavy atom. The maximum Gasteiger partial charge on any atom is 0.226 e. The van der Waals surface area contributed by atoms with Crippen molar-refractivity contribution in [3.63, 3.8) is 0 Å². The molecule has 5 rings (SSSR count). The van der Waals surface area contributed by atoms with Crippen molar-refractivity contribution >= 4 is 28.9 Å². The molecule has 1 aliphatic heterocycles. The van der Waals surface area contributed by atoms with E-state index in [9.17, 15) is 9.18 Å². The lowest BCUT2D eigenvalue weighted by molar-refractivity contribution is -0.116. The number of nitrogens with zero attached hydrogens (tertiary/aromatic N) is 3. The second-order valence-corrected chi connectivity index (χ2v) is 10.5. The number of hydrogen-bond acceptors (Lipinski definition) is 3. The van der Waals surface area contributed by atoms with Gasteiger partial charge >= 0.3 is 0 Å². The van der Waals surface area contributed by atoms with Gasteiger partial charge in [0.15, 0.2) is 5.11 Å². The van der Waals surface area contributed by atoms with Crippen LogP contribution in [0.1, 0.15) is 52.3 Å². The zero-order chi connectivity index (χ0) is 27.7. The number of thiocarbonyl (C=S) groups is 1. The molecule has 2 aromatic heterocycles. The maximum atomic E-state index is 13.6. The van der Waals surface area contributed by atoms with Crippen molar-refractivity contribution in [2.75, 3.05) is 11.9 Å². The number of carbonyl (C=O) groups is 1. The van der Waals surface area contributed by atoms with Crippen LogP contribution in [-0.4, -0.2) is 32.0 Å². The molecule has 0 bridgehead atoms. The van der Waals surface area contributed by atoms with E-state index in [4.69, 9.17) is 12.2 Å². The number of benzene rings is 2. The number of carbonyl (C=O) groups excluding carboxylic acids is 1. The maximum absolute atomic E-state index is 13.6. The quantitative estimate of drug-likeness (QED) is 0.271. The van der Waals surface area contributed by atoms with E-state index in [0.717, 1.165) is 45.1 Å². The molecule has 0 unspecified atom stereocenters. The number of aromatic nitrogens is 2. The molecular formula is C31H32FN5OS. The summed E-state index contributed by atoms with van der Waals surface area (Å²) < 4.78 is 15.8. The average molecular weight is 542 g/mol. The predicted octanol–water partition coefficient (Wildman–Crippen LogP) is 6.25. The predicted molar refractivity (Wildman–Crippen MR) is 157 cm³/mol. The summed E-state index contributed by atoms with van der Waals surface area (Å²) >= 11 is 5.81. The first-order valence-electron chi connectivity index (χ1n) is 13.0. The second kappa shape index (κ2) is 11.0. The van der Waals surface area contributed by atoms with Gasteiger partial charge in [-0.05, 0) is 105 Å². The Labute approximate surface area is 233 Å². The van der Waals surface area contributed by atoms with Crippen LogP contribution in [0.2, 0.25) is 0 Å². The van der Waals surface area contributed by atoms with Gasteiger partial charge in [-0.2, -0.15) is 0 Å². The third-order valence-electron chi connectivity index (χ3n) is 7.32. The molecule has 2 N–H and O–H groups in total. The molecule has 39 heavy (non-hydrogen) atoms. The molecule has 1 amide bonds. The van der Waals surface area contributed by atoms with E-state index in [1.54, 1.807) is 18.3 Å². The van der Waals surface area contributed by atoms with Gasteiger partial charge in [-0.15, -0.1) is 0 Å². The summed E-state index contributed by atoms with van der Waals surface area (Å²) in [6, 6.07) is 20.2. The van der Waals surface area contributed by atoms with Crippen LogP contribution in [-0.2, 0) is 4.79 Å². The van der Waals surface area contributed by atoms with Gasteiger partial charge in [0.25, 0.3) is 0 Å². The number of hydrogen-bond donors (Lipinski definition) is 2. The van der Waals surface area contributed by atoms with Crippen LogP contribution in [0.3, 0.4) is 0 Å². The van der Waals surface area contributed by atoms with Gasteiger partial charge in [0, 0.05) is 41.9 Å². The number of nitrogens with one attached hydrogen (secondary N) is 2. The Hall–Kier alpha value is -4.04. The highest BCUT2D eigenvalue weighted by Crippen LogP contribution is 2.41. The van der Waals surface area contributed by atoms with Crippen molar-refractivity contribution in [2.45, 2.75) is 46.2 Å². The number of amides is 1. The van der Waals surface area contributed by atoms with Gasteiger partial charge in [-0.25, -0.2) is 4.39 Å². The molecule has 0 spiro atoms. The molecule has 0 saturated carbocycles. The van der Waals surface area contributed by atoms with E-state index in [2.05, 4.69) is 38.1 Å². The highest BCUT2D eigenvalue weighted by Gasteiger charge is 2.41. The van der Waals surface area contributed by atoms with E-state index in [-0.39, 0.29) is 30.2 Å². The van der Waals surface area contributed by atoms with Gasteiger partial charge in [0.1, 0.15) is 5.82 Å². The van der Waals surface area contributed by atoms with E-state index in [1.165, 1.54) is 12.1 Å². The van der Waals surface area contributed by atoms with Crippen LogP contribution in [0.4, 0.5) is 10.1 Å². The minimum Gasteiger partial charge on any atom is -0.352 e. The summed E-state index contributed by atoms with van der Waals surface area (Å²) in [6.45, 7) is 8.54. The van der Waals surface area contributed by atoms with Crippen molar-refractivity contribution in [2.24, 2.45) is 0 Å². The van der Waals surface area contributed by atoms with Gasteiger partial charge < -0.3 is 20.1 Å². The lowest BCUT2D eigenvalue weighted by atomic mass is 9.96. The Kier molecular flexibility index (Phi) is 7.48. The molecular weight excluding hydrogens is 509 g/mol. The fraction of sp³-hybridized carbons (Fsp3) is 0.258. The van der Waals surface area contributed by atoms with Crippen LogP contribution in [0.5, 0.6) is 0 Å². The number of aryl methyl sites for hydroxylation is 3. The van der Waals surface area contributed by atoms with Crippen molar-refractivity contribution in [1.29, 1.82) is 0 Å². The topological polar surface area (TPSA) is 62.2 Å². The first kappa shape index (κ1) is 26.6. The molecule has 3 heterocycles. The molecule has 200 valence electrons. The van der Waals surface area contributed by atoms with E-state index >= 15 is 0 Å². The number of anilines is 1. The van der Waals surface area contributed by atoms with Gasteiger partial charge in [-0.1, -0.05) is 18.2 Å². The zero-order valence-electron chi connectivity index (χ0n) is 22.5. The first-order chi connectivity index (χ1) is 18.7. The Morgan fingerprint density at radius 3 is 2.54 bits per heavy atom. The molecule has 1 fully saturated rings. The molecule has 6 nitrogen and oxygen atoms in total. The highest BCUT2D eigenvalue weighted by atomic mass is 32.1. The van der Waals surface area contributed by atoms with Gasteiger partial charge in [-0.3, -0.25) is 9.78 Å². The molecule has 8 heteroatoms. The zero-order valence-corrected chi connectivity index (χ0v) is 23.3. The van der Waals surface area contributed by atoms with E-state index in [1.807, 2.05) is 57.2 Å². The Balaban J connectivity index is 1.46. The van der Waals surface area contributed by atoms with Gasteiger partial charge in [0.2, 0.25) is 5.91 Å². The van der Waals surface area contributed by atoms with Crippen molar-refractivity contribution in [3.05, 3.63) is 113 Å². The highest BCUT2D eigenvalue weighted by molar-refractivity contribution is 7.80. The Bertz CT molecular complexity index is 1520. The minimum atomic E-state index is -0.271. The van der Waals surface area contributed by atoms with Crippen LogP contribution in [0.25, 0.3) is 5.69 Å². The summed E-state index contributed by atoms with van der Waals surface area (Å²) in [5, 5.41) is 7.11. The fourth-order valence-corrected chi connectivity index (χ4v) is 5.70. The van der Waals surface area contributed by atoms with Crippen LogP contribution < -0.4 is 10.6 Å². The Morgan fingerprint density at radius 2 is 1.82 bits per heavy atom. The lowest BCUT2D eigenvalue weighted by Gasteiger charge is -2.28. The molecule has 0 aliphatic carbocycles. The molecule has 0 radical (unpaired) electrons. The van der Waals surface area contributed by atoms with Crippen LogP contribution in [0, 0.1) is 33.5 Å².